The minimum Gasteiger partial charge on any atom is -0.507 e. The fourth-order valence-corrected chi connectivity index (χ4v) is 4.58. The summed E-state index contributed by atoms with van der Waals surface area (Å²) in [6.07, 6.45) is -2.97. The van der Waals surface area contributed by atoms with E-state index in [9.17, 15) is 28.2 Å². The Hall–Kier alpha value is -2.86. The van der Waals surface area contributed by atoms with Crippen LogP contribution in [0.2, 0.25) is 0 Å². The molecule has 2 aromatic rings. The number of ether oxygens (including phenoxy) is 1. The molecule has 2 aliphatic heterocycles. The lowest BCUT2D eigenvalue weighted by Gasteiger charge is -2.38. The number of alkyl halides is 3. The number of aliphatic hydroxyl groups is 1. The molecule has 0 bridgehead atoms. The molecule has 9 nitrogen and oxygen atoms in total. The Morgan fingerprint density at radius 2 is 1.97 bits per heavy atom. The van der Waals surface area contributed by atoms with E-state index < -0.39 is 23.4 Å². The topological polar surface area (TPSA) is 104 Å². The molecule has 0 aliphatic carbocycles. The summed E-state index contributed by atoms with van der Waals surface area (Å²) in [6.45, 7) is 2.95. The first-order valence-electron chi connectivity index (χ1n) is 10.3. The molecule has 2 atom stereocenters. The zero-order chi connectivity index (χ0) is 23.0. The minimum absolute atomic E-state index is 0.0242. The number of nitrogens with zero attached hydrogens (tertiary/aromatic N) is 5. The number of phenols is 1. The van der Waals surface area contributed by atoms with Gasteiger partial charge in [0, 0.05) is 38.8 Å². The summed E-state index contributed by atoms with van der Waals surface area (Å²) in [5, 5.41) is 27.7. The van der Waals surface area contributed by atoms with Gasteiger partial charge in [0.2, 0.25) is 5.82 Å². The van der Waals surface area contributed by atoms with Crippen LogP contribution < -0.4 is 15.2 Å². The van der Waals surface area contributed by atoms with Crippen molar-refractivity contribution in [1.82, 2.24) is 19.7 Å². The third-order valence-corrected chi connectivity index (χ3v) is 6.13. The Balaban J connectivity index is 1.61. The van der Waals surface area contributed by atoms with Crippen molar-refractivity contribution in [1.29, 1.82) is 0 Å². The second-order valence-corrected chi connectivity index (χ2v) is 8.06. The quantitative estimate of drug-likeness (QED) is 0.696. The highest BCUT2D eigenvalue weighted by Crippen LogP contribution is 2.35. The van der Waals surface area contributed by atoms with Crippen LogP contribution in [0.4, 0.5) is 19.0 Å². The predicted molar refractivity (Wildman–Crippen MR) is 108 cm³/mol. The van der Waals surface area contributed by atoms with Gasteiger partial charge >= 0.3 is 6.36 Å². The van der Waals surface area contributed by atoms with Crippen LogP contribution in [0, 0.1) is 5.92 Å². The number of aromatic hydroxyl groups is 1. The Bertz CT molecular complexity index is 1040. The highest BCUT2D eigenvalue weighted by atomic mass is 19.4. The molecule has 3 heterocycles. The van der Waals surface area contributed by atoms with Gasteiger partial charge in [0.1, 0.15) is 11.5 Å². The van der Waals surface area contributed by atoms with Crippen LogP contribution in [0.25, 0.3) is 11.4 Å². The largest absolute Gasteiger partial charge is 0.573 e. The van der Waals surface area contributed by atoms with E-state index in [4.69, 9.17) is 0 Å². The van der Waals surface area contributed by atoms with Crippen LogP contribution >= 0.6 is 0 Å². The van der Waals surface area contributed by atoms with Gasteiger partial charge in [0.15, 0.2) is 5.82 Å². The number of hydrogen-bond donors (Lipinski definition) is 2. The number of halogens is 3. The molecule has 1 aromatic heterocycles. The SMILES string of the molecule is Cn1c(-c2ccc(OC(F)(F)F)cc2O)nnc(N2CCC3CCN(CCO)CC32)c1=O. The van der Waals surface area contributed by atoms with E-state index in [0.29, 0.717) is 19.0 Å². The van der Waals surface area contributed by atoms with Crippen molar-refractivity contribution in [2.75, 3.05) is 37.7 Å². The second kappa shape index (κ2) is 8.58. The van der Waals surface area contributed by atoms with Gasteiger partial charge in [0.05, 0.1) is 12.2 Å². The number of piperidine rings is 1. The molecular formula is C20H24F3N5O4. The third kappa shape index (κ3) is 4.37. The molecule has 2 fully saturated rings. The fraction of sp³-hybridized carbons (Fsp3) is 0.550. The number of likely N-dealkylation sites (tertiary alicyclic amines) is 1. The molecular weight excluding hydrogens is 431 g/mol. The Kier molecular flexibility index (Phi) is 5.99. The number of rotatable bonds is 5. The molecule has 12 heteroatoms. The van der Waals surface area contributed by atoms with Crippen molar-refractivity contribution in [2.24, 2.45) is 13.0 Å². The number of fused-ring (bicyclic) bond motifs is 1. The van der Waals surface area contributed by atoms with E-state index in [1.807, 2.05) is 4.90 Å². The molecule has 0 saturated carbocycles. The monoisotopic (exact) mass is 455 g/mol. The van der Waals surface area contributed by atoms with Gasteiger partial charge < -0.3 is 19.8 Å². The van der Waals surface area contributed by atoms with E-state index in [1.165, 1.54) is 17.7 Å². The van der Waals surface area contributed by atoms with Crippen molar-refractivity contribution in [3.8, 4) is 22.9 Å². The van der Waals surface area contributed by atoms with E-state index in [0.717, 1.165) is 38.1 Å². The van der Waals surface area contributed by atoms with E-state index >= 15 is 0 Å². The molecule has 0 spiro atoms. The molecule has 32 heavy (non-hydrogen) atoms. The maximum Gasteiger partial charge on any atom is 0.573 e. The van der Waals surface area contributed by atoms with Gasteiger partial charge in [-0.15, -0.1) is 23.4 Å². The molecule has 0 radical (unpaired) electrons. The second-order valence-electron chi connectivity index (χ2n) is 8.06. The van der Waals surface area contributed by atoms with E-state index in [2.05, 4.69) is 19.8 Å². The lowest BCUT2D eigenvalue weighted by atomic mass is 9.92. The lowest BCUT2D eigenvalue weighted by Crippen LogP contribution is -2.50. The van der Waals surface area contributed by atoms with Crippen LogP contribution in [0.5, 0.6) is 11.5 Å². The predicted octanol–water partition coefficient (Wildman–Crippen LogP) is 1.34. The fourth-order valence-electron chi connectivity index (χ4n) is 4.58. The van der Waals surface area contributed by atoms with Crippen LogP contribution in [0.3, 0.4) is 0 Å². The summed E-state index contributed by atoms with van der Waals surface area (Å²) in [7, 11) is 1.47. The molecule has 2 unspecified atom stereocenters. The molecule has 1 aromatic carbocycles. The van der Waals surface area contributed by atoms with E-state index in [1.54, 1.807) is 0 Å². The summed E-state index contributed by atoms with van der Waals surface area (Å²) in [4.78, 5) is 17.2. The smallest absolute Gasteiger partial charge is 0.507 e. The number of aromatic nitrogens is 3. The van der Waals surface area contributed by atoms with Gasteiger partial charge in [-0.2, -0.15) is 0 Å². The average Bonchev–Trinajstić information content (AvgIpc) is 3.13. The maximum atomic E-state index is 13.1. The molecule has 0 amide bonds. The molecule has 2 saturated heterocycles. The number of benzene rings is 1. The number of phenolic OH excluding ortho intramolecular Hbond substituents is 1. The Labute approximate surface area is 181 Å². The van der Waals surface area contributed by atoms with Crippen molar-refractivity contribution in [3.63, 3.8) is 0 Å². The first kappa shape index (κ1) is 22.3. The summed E-state index contributed by atoms with van der Waals surface area (Å²) in [5.74, 6) is -0.443. The van der Waals surface area contributed by atoms with Crippen LogP contribution in [-0.4, -0.2) is 75.1 Å². The molecule has 2 N–H and O–H groups in total. The maximum absolute atomic E-state index is 13.1. The van der Waals surface area contributed by atoms with Crippen LogP contribution in [0.15, 0.2) is 23.0 Å². The van der Waals surface area contributed by atoms with Crippen LogP contribution in [-0.2, 0) is 7.05 Å². The average molecular weight is 455 g/mol. The van der Waals surface area contributed by atoms with Crippen molar-refractivity contribution in [2.45, 2.75) is 25.2 Å². The number of hydrogen-bond acceptors (Lipinski definition) is 8. The zero-order valence-electron chi connectivity index (χ0n) is 17.4. The standard InChI is InChI=1S/C20H24F3N5O4/c1-26-17(14-3-2-13(10-16(14)30)32-20(21,22)23)24-25-18(19(26)31)28-7-5-12-4-6-27(8-9-29)11-15(12)28/h2-3,10,12,15,29-30H,4-9,11H2,1H3. The van der Waals surface area contributed by atoms with Gasteiger partial charge in [-0.25, -0.2) is 0 Å². The summed E-state index contributed by atoms with van der Waals surface area (Å²) >= 11 is 0. The highest BCUT2D eigenvalue weighted by Gasteiger charge is 2.40. The third-order valence-electron chi connectivity index (χ3n) is 6.13. The lowest BCUT2D eigenvalue weighted by molar-refractivity contribution is -0.274. The highest BCUT2D eigenvalue weighted by molar-refractivity contribution is 5.65. The first-order chi connectivity index (χ1) is 15.2. The minimum atomic E-state index is -4.89. The molecule has 2 aliphatic rings. The van der Waals surface area contributed by atoms with Crippen molar-refractivity contribution < 1.29 is 28.1 Å². The van der Waals surface area contributed by atoms with E-state index in [-0.39, 0.29) is 29.9 Å². The Morgan fingerprint density at radius 3 is 2.66 bits per heavy atom. The molecule has 174 valence electrons. The van der Waals surface area contributed by atoms with Crippen molar-refractivity contribution >= 4 is 5.82 Å². The van der Waals surface area contributed by atoms with Gasteiger partial charge in [0.25, 0.3) is 5.56 Å². The first-order valence-corrected chi connectivity index (χ1v) is 10.3. The summed E-state index contributed by atoms with van der Waals surface area (Å²) in [5.41, 5.74) is -0.353. The molecule has 4 rings (SSSR count). The number of β-amino-alcohol motifs (C(OH)–C–C–N with tert-alkyl or cyclic N) is 1. The normalized spacial score (nSPS) is 21.6. The van der Waals surface area contributed by atoms with Crippen LogP contribution in [0.1, 0.15) is 12.8 Å². The summed E-state index contributed by atoms with van der Waals surface area (Å²) < 4.78 is 42.2. The van der Waals surface area contributed by atoms with Gasteiger partial charge in [-0.3, -0.25) is 14.3 Å². The zero-order valence-corrected chi connectivity index (χ0v) is 17.4. The Morgan fingerprint density at radius 1 is 1.22 bits per heavy atom. The number of anilines is 1. The van der Waals surface area contributed by atoms with Gasteiger partial charge in [-0.05, 0) is 37.4 Å². The van der Waals surface area contributed by atoms with Crippen molar-refractivity contribution in [3.05, 3.63) is 28.6 Å². The summed E-state index contributed by atoms with van der Waals surface area (Å²) in [6, 6.07) is 3.13. The number of aliphatic hydroxyl groups excluding tert-OH is 1. The van der Waals surface area contributed by atoms with Gasteiger partial charge in [-0.1, -0.05) is 0 Å².